The molecule has 2 N–H and O–H groups in total. The Kier molecular flexibility index (Phi) is 5.16. The number of halogens is 1. The maximum Gasteiger partial charge on any atom is 0.145 e. The van der Waals surface area contributed by atoms with Gasteiger partial charge in [0.25, 0.3) is 0 Å². The highest BCUT2D eigenvalue weighted by Gasteiger charge is 2.06. The van der Waals surface area contributed by atoms with Gasteiger partial charge in [0.1, 0.15) is 5.75 Å². The number of hydrogen-bond acceptors (Lipinski definition) is 3. The molecule has 2 rings (SSSR count). The third kappa shape index (κ3) is 4.18. The highest BCUT2D eigenvalue weighted by Crippen LogP contribution is 2.30. The number of hydrogen-bond donors (Lipinski definition) is 1. The van der Waals surface area contributed by atoms with E-state index in [0.29, 0.717) is 12.3 Å². The summed E-state index contributed by atoms with van der Waals surface area (Å²) in [6.07, 6.45) is 0. The van der Waals surface area contributed by atoms with E-state index in [1.54, 1.807) is 11.8 Å². The van der Waals surface area contributed by atoms with E-state index >= 15 is 0 Å². The lowest BCUT2D eigenvalue weighted by Crippen LogP contribution is -2.04. The molecule has 0 heterocycles. The van der Waals surface area contributed by atoms with Gasteiger partial charge in [0.05, 0.1) is 12.3 Å². The number of thioether (sulfide) groups is 1. The SMILES string of the molecule is Cc1cc(Br)cc(N)c1OCCSc1ccccc1. The van der Waals surface area contributed by atoms with Gasteiger partial charge in [-0.25, -0.2) is 0 Å². The van der Waals surface area contributed by atoms with Gasteiger partial charge >= 0.3 is 0 Å². The van der Waals surface area contributed by atoms with Crippen molar-refractivity contribution in [3.8, 4) is 5.75 Å². The number of nitrogen functional groups attached to an aromatic ring is 1. The molecule has 0 fully saturated rings. The van der Waals surface area contributed by atoms with E-state index in [-0.39, 0.29) is 0 Å². The zero-order chi connectivity index (χ0) is 13.7. The van der Waals surface area contributed by atoms with Crippen molar-refractivity contribution in [3.63, 3.8) is 0 Å². The standard InChI is InChI=1S/C15H16BrNOS/c1-11-9-12(16)10-14(17)15(11)18-7-8-19-13-5-3-2-4-6-13/h2-6,9-10H,7-8,17H2,1H3. The molecule has 0 saturated carbocycles. The molecule has 0 atom stereocenters. The third-order valence-electron chi connectivity index (χ3n) is 2.61. The number of rotatable bonds is 5. The van der Waals surface area contributed by atoms with Gasteiger partial charge in [0, 0.05) is 15.1 Å². The lowest BCUT2D eigenvalue weighted by Gasteiger charge is -2.12. The third-order valence-corrected chi connectivity index (χ3v) is 4.04. The van der Waals surface area contributed by atoms with Gasteiger partial charge in [-0.2, -0.15) is 0 Å². The van der Waals surface area contributed by atoms with Gasteiger partial charge in [-0.3, -0.25) is 0 Å². The molecule has 0 aromatic heterocycles. The molecule has 2 aromatic rings. The van der Waals surface area contributed by atoms with E-state index in [1.165, 1.54) is 4.90 Å². The first kappa shape index (κ1) is 14.3. The first-order chi connectivity index (χ1) is 9.16. The van der Waals surface area contributed by atoms with Crippen molar-refractivity contribution in [1.82, 2.24) is 0 Å². The zero-order valence-electron chi connectivity index (χ0n) is 10.7. The Morgan fingerprint density at radius 2 is 1.95 bits per heavy atom. The Hall–Kier alpha value is -1.13. The molecule has 0 bridgehead atoms. The fourth-order valence-electron chi connectivity index (χ4n) is 1.77. The molecule has 19 heavy (non-hydrogen) atoms. The minimum atomic E-state index is 0.645. The number of aryl methyl sites for hydroxylation is 1. The normalized spacial score (nSPS) is 10.4. The van der Waals surface area contributed by atoms with Crippen molar-refractivity contribution in [2.24, 2.45) is 0 Å². The molecular weight excluding hydrogens is 322 g/mol. The molecular formula is C15H16BrNOS. The number of benzene rings is 2. The van der Waals surface area contributed by atoms with Crippen LogP contribution in [-0.4, -0.2) is 12.4 Å². The summed E-state index contributed by atoms with van der Waals surface area (Å²) in [5.41, 5.74) is 7.68. The maximum atomic E-state index is 5.95. The van der Waals surface area contributed by atoms with Crippen molar-refractivity contribution in [2.45, 2.75) is 11.8 Å². The van der Waals surface area contributed by atoms with Gasteiger partial charge in [-0.1, -0.05) is 34.1 Å². The van der Waals surface area contributed by atoms with Crippen LogP contribution in [0.25, 0.3) is 0 Å². The van der Waals surface area contributed by atoms with E-state index in [9.17, 15) is 0 Å². The second kappa shape index (κ2) is 6.87. The van der Waals surface area contributed by atoms with E-state index < -0.39 is 0 Å². The molecule has 0 aliphatic heterocycles. The van der Waals surface area contributed by atoms with Crippen LogP contribution < -0.4 is 10.5 Å². The van der Waals surface area contributed by atoms with Gasteiger partial charge in [-0.05, 0) is 36.8 Å². The predicted octanol–water partition coefficient (Wildman–Crippen LogP) is 4.51. The monoisotopic (exact) mass is 337 g/mol. The van der Waals surface area contributed by atoms with Crippen LogP contribution in [0.5, 0.6) is 5.75 Å². The summed E-state index contributed by atoms with van der Waals surface area (Å²) in [4.78, 5) is 1.26. The molecule has 0 aliphatic rings. The molecule has 2 nitrogen and oxygen atoms in total. The number of anilines is 1. The first-order valence-corrected chi connectivity index (χ1v) is 7.81. The Morgan fingerprint density at radius 3 is 2.63 bits per heavy atom. The Balaban J connectivity index is 1.86. The van der Waals surface area contributed by atoms with Gasteiger partial charge < -0.3 is 10.5 Å². The lowest BCUT2D eigenvalue weighted by atomic mass is 10.2. The van der Waals surface area contributed by atoms with Crippen LogP contribution in [-0.2, 0) is 0 Å². The van der Waals surface area contributed by atoms with Crippen LogP contribution >= 0.6 is 27.7 Å². The summed E-state index contributed by atoms with van der Waals surface area (Å²) >= 11 is 5.20. The fourth-order valence-corrected chi connectivity index (χ4v) is 3.11. The van der Waals surface area contributed by atoms with Crippen molar-refractivity contribution >= 4 is 33.4 Å². The van der Waals surface area contributed by atoms with E-state index in [2.05, 4.69) is 28.1 Å². The van der Waals surface area contributed by atoms with E-state index in [0.717, 1.165) is 21.5 Å². The molecule has 0 unspecified atom stereocenters. The second-order valence-electron chi connectivity index (χ2n) is 4.15. The van der Waals surface area contributed by atoms with Crippen LogP contribution in [0.3, 0.4) is 0 Å². The topological polar surface area (TPSA) is 35.2 Å². The summed E-state index contributed by atoms with van der Waals surface area (Å²) in [7, 11) is 0. The van der Waals surface area contributed by atoms with Gasteiger partial charge in [0.2, 0.25) is 0 Å². The summed E-state index contributed by atoms with van der Waals surface area (Å²) in [6.45, 7) is 2.65. The van der Waals surface area contributed by atoms with Crippen LogP contribution in [0.1, 0.15) is 5.56 Å². The van der Waals surface area contributed by atoms with Crippen molar-refractivity contribution < 1.29 is 4.74 Å². The van der Waals surface area contributed by atoms with Crippen LogP contribution in [0.15, 0.2) is 51.8 Å². The van der Waals surface area contributed by atoms with Crippen molar-refractivity contribution in [1.29, 1.82) is 0 Å². The summed E-state index contributed by atoms with van der Waals surface area (Å²) in [5, 5.41) is 0. The Labute approximate surface area is 126 Å². The van der Waals surface area contributed by atoms with Crippen LogP contribution in [0.2, 0.25) is 0 Å². The highest BCUT2D eigenvalue weighted by atomic mass is 79.9. The first-order valence-electron chi connectivity index (χ1n) is 6.03. The van der Waals surface area contributed by atoms with E-state index in [4.69, 9.17) is 10.5 Å². The number of nitrogens with two attached hydrogens (primary N) is 1. The minimum Gasteiger partial charge on any atom is -0.490 e. The average molecular weight is 338 g/mol. The van der Waals surface area contributed by atoms with E-state index in [1.807, 2.05) is 37.3 Å². The second-order valence-corrected chi connectivity index (χ2v) is 6.24. The largest absolute Gasteiger partial charge is 0.490 e. The molecule has 0 amide bonds. The van der Waals surface area contributed by atoms with Gasteiger partial charge in [-0.15, -0.1) is 11.8 Å². The Bertz CT molecular complexity index is 522. The van der Waals surface area contributed by atoms with Crippen molar-refractivity contribution in [3.05, 3.63) is 52.5 Å². The molecule has 0 radical (unpaired) electrons. The summed E-state index contributed by atoms with van der Waals surface area (Å²) < 4.78 is 6.76. The maximum absolute atomic E-state index is 5.95. The zero-order valence-corrected chi connectivity index (χ0v) is 13.1. The minimum absolute atomic E-state index is 0.645. The molecule has 2 aromatic carbocycles. The highest BCUT2D eigenvalue weighted by molar-refractivity contribution is 9.10. The fraction of sp³-hybridized carbons (Fsp3) is 0.200. The summed E-state index contributed by atoms with van der Waals surface area (Å²) in [5.74, 6) is 1.69. The number of ether oxygens (including phenoxy) is 1. The van der Waals surface area contributed by atoms with Crippen LogP contribution in [0, 0.1) is 6.92 Å². The molecule has 0 aliphatic carbocycles. The summed E-state index contributed by atoms with van der Waals surface area (Å²) in [6, 6.07) is 14.2. The molecule has 0 saturated heterocycles. The average Bonchev–Trinajstić information content (AvgIpc) is 2.38. The van der Waals surface area contributed by atoms with Crippen LogP contribution in [0.4, 0.5) is 5.69 Å². The Morgan fingerprint density at radius 1 is 1.21 bits per heavy atom. The molecule has 100 valence electrons. The van der Waals surface area contributed by atoms with Crippen molar-refractivity contribution in [2.75, 3.05) is 18.1 Å². The molecule has 4 heteroatoms. The van der Waals surface area contributed by atoms with Gasteiger partial charge in [0.15, 0.2) is 0 Å². The molecule has 0 spiro atoms. The quantitative estimate of drug-likeness (QED) is 0.495. The lowest BCUT2D eigenvalue weighted by molar-refractivity contribution is 0.343. The smallest absolute Gasteiger partial charge is 0.145 e. The predicted molar refractivity (Wildman–Crippen MR) is 86.0 cm³/mol.